The van der Waals surface area contributed by atoms with Crippen molar-refractivity contribution in [1.29, 1.82) is 0 Å². The Morgan fingerprint density at radius 2 is 1.56 bits per heavy atom. The molecule has 1 heterocycles. The Morgan fingerprint density at radius 1 is 0.920 bits per heavy atom. The molecule has 25 heavy (non-hydrogen) atoms. The van der Waals surface area contributed by atoms with E-state index in [0.717, 1.165) is 22.7 Å². The first-order valence-electron chi connectivity index (χ1n) is 8.60. The number of rotatable bonds is 4. The molecule has 2 aromatic rings. The molecule has 0 aromatic heterocycles. The predicted octanol–water partition coefficient (Wildman–Crippen LogP) is 4.63. The summed E-state index contributed by atoms with van der Waals surface area (Å²) in [5.74, 6) is 2.11. The molecule has 0 saturated carbocycles. The van der Waals surface area contributed by atoms with E-state index in [2.05, 4.69) is 55.7 Å². The number of thiocarbonyl (C=S) groups is 1. The van der Waals surface area contributed by atoms with Crippen LogP contribution in [0.3, 0.4) is 0 Å². The number of benzene rings is 2. The van der Waals surface area contributed by atoms with Gasteiger partial charge in [-0.2, -0.15) is 0 Å². The van der Waals surface area contributed by atoms with Gasteiger partial charge in [0.25, 0.3) is 0 Å². The third-order valence-corrected chi connectivity index (χ3v) is 4.47. The highest BCUT2D eigenvalue weighted by Gasteiger charge is 2.15. The Kier molecular flexibility index (Phi) is 5.43. The molecular weight excluding hydrogens is 332 g/mol. The van der Waals surface area contributed by atoms with Crippen molar-refractivity contribution in [3.8, 4) is 11.5 Å². The summed E-state index contributed by atoms with van der Waals surface area (Å²) < 4.78 is 11.2. The molecule has 2 aromatic carbocycles. The summed E-state index contributed by atoms with van der Waals surface area (Å²) in [6.07, 6.45) is 0. The number of ether oxygens (including phenoxy) is 2. The molecule has 0 bridgehead atoms. The summed E-state index contributed by atoms with van der Waals surface area (Å²) in [5, 5.41) is 7.15. The van der Waals surface area contributed by atoms with Crippen molar-refractivity contribution in [2.24, 2.45) is 0 Å². The van der Waals surface area contributed by atoms with E-state index in [1.54, 1.807) is 0 Å². The van der Waals surface area contributed by atoms with Crippen LogP contribution in [0.1, 0.15) is 43.9 Å². The lowest BCUT2D eigenvalue weighted by atomic mass is 10.0. The smallest absolute Gasteiger partial charge is 0.171 e. The largest absolute Gasteiger partial charge is 0.486 e. The minimum absolute atomic E-state index is 0.0609. The maximum atomic E-state index is 5.64. The molecule has 1 aliphatic rings. The molecule has 5 heteroatoms. The van der Waals surface area contributed by atoms with Crippen molar-refractivity contribution in [1.82, 2.24) is 5.32 Å². The second-order valence-corrected chi connectivity index (χ2v) is 6.91. The quantitative estimate of drug-likeness (QED) is 0.782. The molecule has 2 N–H and O–H groups in total. The van der Waals surface area contributed by atoms with E-state index in [-0.39, 0.29) is 6.04 Å². The van der Waals surface area contributed by atoms with Crippen molar-refractivity contribution < 1.29 is 9.47 Å². The van der Waals surface area contributed by atoms with Crippen LogP contribution < -0.4 is 20.1 Å². The molecule has 0 saturated heterocycles. The highest BCUT2D eigenvalue weighted by Crippen LogP contribution is 2.32. The van der Waals surface area contributed by atoms with Crippen LogP contribution in [0, 0.1) is 0 Å². The van der Waals surface area contributed by atoms with E-state index in [1.807, 2.05) is 18.2 Å². The van der Waals surface area contributed by atoms with Gasteiger partial charge in [-0.1, -0.05) is 32.0 Å². The SMILES string of the molecule is CC(C)c1ccc(NC(=S)N[C@@H](C)c2ccc3c(c2)OCCO3)cc1. The summed E-state index contributed by atoms with van der Waals surface area (Å²) >= 11 is 5.44. The van der Waals surface area contributed by atoms with Crippen molar-refractivity contribution in [2.75, 3.05) is 18.5 Å². The minimum atomic E-state index is 0.0609. The van der Waals surface area contributed by atoms with Crippen molar-refractivity contribution in [3.05, 3.63) is 53.6 Å². The first kappa shape index (κ1) is 17.5. The molecule has 1 aliphatic heterocycles. The molecule has 4 nitrogen and oxygen atoms in total. The second-order valence-electron chi connectivity index (χ2n) is 6.50. The van der Waals surface area contributed by atoms with Crippen LogP contribution in [-0.4, -0.2) is 18.3 Å². The number of hydrogen-bond acceptors (Lipinski definition) is 3. The number of nitrogens with one attached hydrogen (secondary N) is 2. The summed E-state index contributed by atoms with van der Waals surface area (Å²) in [4.78, 5) is 0. The fourth-order valence-corrected chi connectivity index (χ4v) is 3.02. The van der Waals surface area contributed by atoms with Gasteiger partial charge in [-0.25, -0.2) is 0 Å². The molecule has 0 radical (unpaired) electrons. The van der Waals surface area contributed by atoms with Gasteiger partial charge < -0.3 is 20.1 Å². The normalized spacial score (nSPS) is 14.1. The third-order valence-electron chi connectivity index (χ3n) is 4.25. The zero-order valence-electron chi connectivity index (χ0n) is 14.8. The summed E-state index contributed by atoms with van der Waals surface area (Å²) in [6, 6.07) is 14.4. The third kappa shape index (κ3) is 4.42. The van der Waals surface area contributed by atoms with Gasteiger partial charge in [-0.15, -0.1) is 0 Å². The van der Waals surface area contributed by atoms with Gasteiger partial charge in [0.1, 0.15) is 13.2 Å². The molecule has 0 unspecified atom stereocenters. The molecular formula is C20H24N2O2S. The van der Waals surface area contributed by atoms with E-state index in [1.165, 1.54) is 5.56 Å². The van der Waals surface area contributed by atoms with Gasteiger partial charge >= 0.3 is 0 Å². The number of hydrogen-bond donors (Lipinski definition) is 2. The lowest BCUT2D eigenvalue weighted by Gasteiger charge is -2.22. The van der Waals surface area contributed by atoms with Crippen LogP contribution in [0.2, 0.25) is 0 Å². The van der Waals surface area contributed by atoms with Gasteiger partial charge in [-0.3, -0.25) is 0 Å². The van der Waals surface area contributed by atoms with Gasteiger partial charge in [0.2, 0.25) is 0 Å². The number of anilines is 1. The van der Waals surface area contributed by atoms with Crippen LogP contribution in [0.4, 0.5) is 5.69 Å². The van der Waals surface area contributed by atoms with Crippen LogP contribution in [-0.2, 0) is 0 Å². The highest BCUT2D eigenvalue weighted by molar-refractivity contribution is 7.80. The maximum absolute atomic E-state index is 5.64. The van der Waals surface area contributed by atoms with E-state index in [0.29, 0.717) is 24.2 Å². The lowest BCUT2D eigenvalue weighted by Crippen LogP contribution is -2.31. The Balaban J connectivity index is 1.60. The summed E-state index contributed by atoms with van der Waals surface area (Å²) in [5.41, 5.74) is 3.40. The molecule has 132 valence electrons. The molecule has 1 atom stereocenters. The molecule has 0 amide bonds. The van der Waals surface area contributed by atoms with Crippen molar-refractivity contribution in [2.45, 2.75) is 32.7 Å². The van der Waals surface area contributed by atoms with Gasteiger partial charge in [0.05, 0.1) is 6.04 Å². The van der Waals surface area contributed by atoms with Crippen LogP contribution in [0.15, 0.2) is 42.5 Å². The van der Waals surface area contributed by atoms with Crippen LogP contribution in [0.25, 0.3) is 0 Å². The van der Waals surface area contributed by atoms with Crippen molar-refractivity contribution >= 4 is 23.0 Å². The standard InChI is InChI=1S/C20H24N2O2S/c1-13(2)15-4-7-17(8-5-15)22-20(25)21-14(3)16-6-9-18-19(12-16)24-11-10-23-18/h4-9,12-14H,10-11H2,1-3H3,(H2,21,22,25)/t14-/m0/s1. The Bertz CT molecular complexity index is 744. The fraction of sp³-hybridized carbons (Fsp3) is 0.350. The Labute approximate surface area is 154 Å². The number of fused-ring (bicyclic) bond motifs is 1. The van der Waals surface area contributed by atoms with Crippen molar-refractivity contribution in [3.63, 3.8) is 0 Å². The fourth-order valence-electron chi connectivity index (χ4n) is 2.73. The van der Waals surface area contributed by atoms with Gasteiger partial charge in [0.15, 0.2) is 16.6 Å². The van der Waals surface area contributed by atoms with E-state index >= 15 is 0 Å². The Hall–Kier alpha value is -2.27. The summed E-state index contributed by atoms with van der Waals surface area (Å²) in [7, 11) is 0. The van der Waals surface area contributed by atoms with Crippen LogP contribution in [0.5, 0.6) is 11.5 Å². The van der Waals surface area contributed by atoms with Gasteiger partial charge in [0, 0.05) is 5.69 Å². The van der Waals surface area contributed by atoms with Crippen LogP contribution >= 0.6 is 12.2 Å². The topological polar surface area (TPSA) is 42.5 Å². The van der Waals surface area contributed by atoms with Gasteiger partial charge in [-0.05, 0) is 60.5 Å². The summed E-state index contributed by atoms with van der Waals surface area (Å²) in [6.45, 7) is 7.63. The molecule has 0 spiro atoms. The predicted molar refractivity (Wildman–Crippen MR) is 106 cm³/mol. The van der Waals surface area contributed by atoms with E-state index < -0.39 is 0 Å². The second kappa shape index (κ2) is 7.74. The van der Waals surface area contributed by atoms with E-state index in [4.69, 9.17) is 21.7 Å². The molecule has 0 fully saturated rings. The first-order valence-corrected chi connectivity index (χ1v) is 9.01. The average Bonchev–Trinajstić information content (AvgIpc) is 2.61. The monoisotopic (exact) mass is 356 g/mol. The van der Waals surface area contributed by atoms with E-state index in [9.17, 15) is 0 Å². The zero-order valence-corrected chi connectivity index (χ0v) is 15.7. The highest BCUT2D eigenvalue weighted by atomic mass is 32.1. The zero-order chi connectivity index (χ0) is 17.8. The minimum Gasteiger partial charge on any atom is -0.486 e. The Morgan fingerprint density at radius 3 is 2.24 bits per heavy atom. The average molecular weight is 356 g/mol. The lowest BCUT2D eigenvalue weighted by molar-refractivity contribution is 0.171. The molecule has 0 aliphatic carbocycles. The molecule has 3 rings (SSSR count). The first-order chi connectivity index (χ1) is 12.0. The maximum Gasteiger partial charge on any atom is 0.171 e.